The van der Waals surface area contributed by atoms with Crippen molar-refractivity contribution in [3.8, 4) is 0 Å². The van der Waals surface area contributed by atoms with E-state index in [1.54, 1.807) is 13.2 Å². The van der Waals surface area contributed by atoms with Crippen LogP contribution in [0.2, 0.25) is 0 Å². The summed E-state index contributed by atoms with van der Waals surface area (Å²) in [7, 11) is 1.78. The van der Waals surface area contributed by atoms with Crippen LogP contribution in [0, 0.1) is 5.92 Å². The van der Waals surface area contributed by atoms with Gasteiger partial charge in [0.25, 0.3) is 0 Å². The van der Waals surface area contributed by atoms with Gasteiger partial charge >= 0.3 is 0 Å². The van der Waals surface area contributed by atoms with Crippen LogP contribution in [0.25, 0.3) is 0 Å². The topological polar surface area (TPSA) is 72.7 Å². The van der Waals surface area contributed by atoms with Gasteiger partial charge in [-0.25, -0.2) is 0 Å². The Balaban J connectivity index is 1.45. The molecule has 0 aliphatic carbocycles. The summed E-state index contributed by atoms with van der Waals surface area (Å²) in [5.74, 6) is 1.50. The molecule has 2 N–H and O–H groups in total. The molecule has 2 heterocycles. The predicted molar refractivity (Wildman–Crippen MR) is 90.6 cm³/mol. The van der Waals surface area contributed by atoms with Crippen LogP contribution in [0.3, 0.4) is 0 Å². The van der Waals surface area contributed by atoms with Crippen LogP contribution in [0.5, 0.6) is 0 Å². The molecule has 7 heteroatoms. The van der Waals surface area contributed by atoms with Crippen LogP contribution >= 0.6 is 0 Å². The number of hydrogen-bond acceptors (Lipinski definition) is 4. The Morgan fingerprint density at radius 3 is 2.91 bits per heavy atom. The molecule has 0 saturated carbocycles. The highest BCUT2D eigenvalue weighted by molar-refractivity contribution is 5.79. The van der Waals surface area contributed by atoms with Crippen molar-refractivity contribution in [2.45, 2.75) is 25.8 Å². The summed E-state index contributed by atoms with van der Waals surface area (Å²) in [6, 6.07) is 1.92. The van der Waals surface area contributed by atoms with Gasteiger partial charge in [0.2, 0.25) is 0 Å². The van der Waals surface area contributed by atoms with Crippen molar-refractivity contribution >= 4 is 5.96 Å². The minimum Gasteiger partial charge on any atom is -0.381 e. The minimum absolute atomic E-state index is 0.674. The second kappa shape index (κ2) is 11.0. The molecule has 23 heavy (non-hydrogen) atoms. The standard InChI is InChI=1S/C16H29N5O2/c1-17-16(19-8-10-21-9-2-7-20-21)18-6-3-11-23-14-15-4-12-22-13-5-15/h2,7,9,15H,3-6,8,10-14H2,1H3,(H2,17,18,19). The van der Waals surface area contributed by atoms with Gasteiger partial charge in [-0.15, -0.1) is 0 Å². The number of rotatable bonds is 9. The maximum atomic E-state index is 5.75. The molecular weight excluding hydrogens is 294 g/mol. The summed E-state index contributed by atoms with van der Waals surface area (Å²) >= 11 is 0. The molecule has 1 fully saturated rings. The molecule has 0 bridgehead atoms. The van der Waals surface area contributed by atoms with E-state index in [1.807, 2.05) is 16.9 Å². The Morgan fingerprint density at radius 2 is 2.17 bits per heavy atom. The third-order valence-corrected chi connectivity index (χ3v) is 3.87. The Kier molecular flexibility index (Phi) is 8.50. The van der Waals surface area contributed by atoms with Gasteiger partial charge in [0.1, 0.15) is 0 Å². The predicted octanol–water partition coefficient (Wildman–Crippen LogP) is 0.881. The fraction of sp³-hybridized carbons (Fsp3) is 0.750. The Labute approximate surface area is 138 Å². The summed E-state index contributed by atoms with van der Waals surface area (Å²) in [5, 5.41) is 10.7. The molecule has 0 radical (unpaired) electrons. The van der Waals surface area contributed by atoms with Crippen molar-refractivity contribution in [2.75, 3.05) is 46.6 Å². The molecule has 0 spiro atoms. The Bertz CT molecular complexity index is 430. The molecule has 0 amide bonds. The number of guanidine groups is 1. The lowest BCUT2D eigenvalue weighted by molar-refractivity contribution is 0.0203. The maximum absolute atomic E-state index is 5.75. The average molecular weight is 323 g/mol. The van der Waals surface area contributed by atoms with E-state index in [-0.39, 0.29) is 0 Å². The van der Waals surface area contributed by atoms with Gasteiger partial charge in [0.15, 0.2) is 5.96 Å². The summed E-state index contributed by atoms with van der Waals surface area (Å²) in [6.45, 7) is 5.89. The van der Waals surface area contributed by atoms with Crippen molar-refractivity contribution in [3.05, 3.63) is 18.5 Å². The number of ether oxygens (including phenoxy) is 2. The third-order valence-electron chi connectivity index (χ3n) is 3.87. The Morgan fingerprint density at radius 1 is 1.35 bits per heavy atom. The van der Waals surface area contributed by atoms with Crippen molar-refractivity contribution < 1.29 is 9.47 Å². The number of aliphatic imine (C=N–C) groups is 1. The third kappa shape index (κ3) is 7.47. The molecule has 0 atom stereocenters. The van der Waals surface area contributed by atoms with Gasteiger partial charge in [0.05, 0.1) is 6.54 Å². The highest BCUT2D eigenvalue weighted by Gasteiger charge is 2.13. The summed E-state index contributed by atoms with van der Waals surface area (Å²) < 4.78 is 13.0. The SMILES string of the molecule is CN=C(NCCCOCC1CCOCC1)NCCn1cccn1. The summed E-state index contributed by atoms with van der Waals surface area (Å²) in [5.41, 5.74) is 0. The lowest BCUT2D eigenvalue weighted by Gasteiger charge is -2.21. The van der Waals surface area contributed by atoms with Crippen LogP contribution in [0.4, 0.5) is 0 Å². The van der Waals surface area contributed by atoms with Gasteiger partial charge < -0.3 is 20.1 Å². The zero-order valence-corrected chi connectivity index (χ0v) is 14.0. The zero-order chi connectivity index (χ0) is 16.2. The molecule has 130 valence electrons. The fourth-order valence-electron chi connectivity index (χ4n) is 2.49. The number of aromatic nitrogens is 2. The van der Waals surface area contributed by atoms with Gasteiger partial charge in [-0.1, -0.05) is 0 Å². The van der Waals surface area contributed by atoms with Gasteiger partial charge in [-0.3, -0.25) is 9.67 Å². The lowest BCUT2D eigenvalue weighted by Crippen LogP contribution is -2.39. The van der Waals surface area contributed by atoms with Gasteiger partial charge in [-0.05, 0) is 31.2 Å². The van der Waals surface area contributed by atoms with E-state index in [9.17, 15) is 0 Å². The second-order valence-electron chi connectivity index (χ2n) is 5.68. The van der Waals surface area contributed by atoms with E-state index in [1.165, 1.54) is 0 Å². The maximum Gasteiger partial charge on any atom is 0.191 e. The number of hydrogen-bond donors (Lipinski definition) is 2. The van der Waals surface area contributed by atoms with Crippen LogP contribution in [0.15, 0.2) is 23.5 Å². The van der Waals surface area contributed by atoms with Crippen molar-refractivity contribution in [3.63, 3.8) is 0 Å². The van der Waals surface area contributed by atoms with E-state index in [0.717, 1.165) is 71.3 Å². The molecule has 1 aliphatic rings. The first kappa shape index (κ1) is 17.7. The van der Waals surface area contributed by atoms with Gasteiger partial charge in [-0.2, -0.15) is 5.10 Å². The zero-order valence-electron chi connectivity index (χ0n) is 14.0. The van der Waals surface area contributed by atoms with E-state index < -0.39 is 0 Å². The molecule has 1 saturated heterocycles. The van der Waals surface area contributed by atoms with Crippen LogP contribution in [0.1, 0.15) is 19.3 Å². The molecule has 0 unspecified atom stereocenters. The lowest BCUT2D eigenvalue weighted by atomic mass is 10.0. The quantitative estimate of drug-likeness (QED) is 0.401. The first-order valence-corrected chi connectivity index (χ1v) is 8.46. The molecule has 1 aromatic heterocycles. The van der Waals surface area contributed by atoms with Crippen LogP contribution in [-0.2, 0) is 16.0 Å². The van der Waals surface area contributed by atoms with Gasteiger partial charge in [0, 0.05) is 59.0 Å². The van der Waals surface area contributed by atoms with E-state index in [4.69, 9.17) is 9.47 Å². The molecule has 1 aromatic rings. The highest BCUT2D eigenvalue weighted by atomic mass is 16.5. The normalized spacial score (nSPS) is 16.5. The molecule has 1 aliphatic heterocycles. The fourth-order valence-corrected chi connectivity index (χ4v) is 2.49. The van der Waals surface area contributed by atoms with Crippen molar-refractivity contribution in [2.24, 2.45) is 10.9 Å². The Hall–Kier alpha value is -1.60. The van der Waals surface area contributed by atoms with Crippen LogP contribution < -0.4 is 10.6 Å². The van der Waals surface area contributed by atoms with E-state index in [0.29, 0.717) is 5.92 Å². The van der Waals surface area contributed by atoms with Crippen molar-refractivity contribution in [1.82, 2.24) is 20.4 Å². The smallest absolute Gasteiger partial charge is 0.191 e. The summed E-state index contributed by atoms with van der Waals surface area (Å²) in [4.78, 5) is 4.21. The second-order valence-corrected chi connectivity index (χ2v) is 5.68. The van der Waals surface area contributed by atoms with Crippen molar-refractivity contribution in [1.29, 1.82) is 0 Å². The van der Waals surface area contributed by atoms with E-state index >= 15 is 0 Å². The summed E-state index contributed by atoms with van der Waals surface area (Å²) in [6.07, 6.45) is 6.97. The first-order chi connectivity index (χ1) is 11.4. The minimum atomic E-state index is 0.674. The first-order valence-electron chi connectivity index (χ1n) is 8.46. The largest absolute Gasteiger partial charge is 0.381 e. The average Bonchev–Trinajstić information content (AvgIpc) is 3.10. The molecule has 2 rings (SSSR count). The molecule has 7 nitrogen and oxygen atoms in total. The number of nitrogens with one attached hydrogen (secondary N) is 2. The highest BCUT2D eigenvalue weighted by Crippen LogP contribution is 2.14. The monoisotopic (exact) mass is 323 g/mol. The number of nitrogens with zero attached hydrogens (tertiary/aromatic N) is 3. The molecule has 0 aromatic carbocycles. The van der Waals surface area contributed by atoms with E-state index in [2.05, 4.69) is 20.7 Å². The van der Waals surface area contributed by atoms with Crippen LogP contribution in [-0.4, -0.2) is 62.3 Å². The molecular formula is C16H29N5O2.